The van der Waals surface area contributed by atoms with Crippen LogP contribution < -0.4 is 0 Å². The summed E-state index contributed by atoms with van der Waals surface area (Å²) in [7, 11) is 0. The fourth-order valence-electron chi connectivity index (χ4n) is 2.65. The molecule has 0 unspecified atom stereocenters. The number of aliphatic hydroxyl groups is 2. The lowest BCUT2D eigenvalue weighted by molar-refractivity contribution is -0.154. The molecule has 1 aromatic carbocycles. The lowest BCUT2D eigenvalue weighted by atomic mass is 9.82. The SMILES string of the molecule is O=C(O[C@@H]1C[C@]2(O)C[C@@H](OC2=O)[C@@H]1O)c1ccccc1. The van der Waals surface area contributed by atoms with Crippen LogP contribution in [-0.2, 0) is 14.3 Å². The van der Waals surface area contributed by atoms with Gasteiger partial charge in [-0.1, -0.05) is 18.2 Å². The van der Waals surface area contributed by atoms with Gasteiger partial charge in [-0.15, -0.1) is 0 Å². The lowest BCUT2D eigenvalue weighted by Crippen LogP contribution is -2.50. The molecule has 2 N–H and O–H groups in total. The van der Waals surface area contributed by atoms with Gasteiger partial charge < -0.3 is 19.7 Å². The summed E-state index contributed by atoms with van der Waals surface area (Å²) in [5.74, 6) is -1.37. The van der Waals surface area contributed by atoms with Crippen molar-refractivity contribution in [1.29, 1.82) is 0 Å². The molecule has 3 rings (SSSR count). The van der Waals surface area contributed by atoms with Crippen LogP contribution in [0.5, 0.6) is 0 Å². The number of aliphatic hydroxyl groups excluding tert-OH is 1. The van der Waals surface area contributed by atoms with E-state index < -0.39 is 35.9 Å². The number of rotatable bonds is 2. The second-order valence-corrected chi connectivity index (χ2v) is 5.18. The van der Waals surface area contributed by atoms with E-state index in [0.717, 1.165) is 0 Å². The van der Waals surface area contributed by atoms with Crippen molar-refractivity contribution in [3.63, 3.8) is 0 Å². The zero-order valence-electron chi connectivity index (χ0n) is 10.6. The second-order valence-electron chi connectivity index (χ2n) is 5.18. The Bertz CT molecular complexity index is 542. The maximum Gasteiger partial charge on any atom is 0.338 e. The van der Waals surface area contributed by atoms with E-state index in [9.17, 15) is 19.8 Å². The molecule has 1 aromatic rings. The molecule has 106 valence electrons. The summed E-state index contributed by atoms with van der Waals surface area (Å²) in [6.45, 7) is 0. The van der Waals surface area contributed by atoms with Crippen molar-refractivity contribution in [3.8, 4) is 0 Å². The summed E-state index contributed by atoms with van der Waals surface area (Å²) in [4.78, 5) is 23.4. The maximum absolute atomic E-state index is 11.9. The Morgan fingerprint density at radius 3 is 2.70 bits per heavy atom. The quantitative estimate of drug-likeness (QED) is 0.741. The molecule has 0 aromatic heterocycles. The Kier molecular flexibility index (Phi) is 2.99. The summed E-state index contributed by atoms with van der Waals surface area (Å²) in [5, 5.41) is 20.1. The zero-order valence-corrected chi connectivity index (χ0v) is 10.6. The van der Waals surface area contributed by atoms with Gasteiger partial charge in [-0.3, -0.25) is 0 Å². The minimum atomic E-state index is -1.66. The van der Waals surface area contributed by atoms with Crippen LogP contribution in [-0.4, -0.2) is 46.1 Å². The number of fused-ring (bicyclic) bond motifs is 2. The third-order valence-electron chi connectivity index (χ3n) is 3.75. The highest BCUT2D eigenvalue weighted by Gasteiger charge is 2.58. The summed E-state index contributed by atoms with van der Waals surface area (Å²) >= 11 is 0. The van der Waals surface area contributed by atoms with E-state index in [4.69, 9.17) is 9.47 Å². The average Bonchev–Trinajstić information content (AvgIpc) is 2.69. The topological polar surface area (TPSA) is 93.1 Å². The molecule has 20 heavy (non-hydrogen) atoms. The molecule has 1 saturated heterocycles. The third-order valence-corrected chi connectivity index (χ3v) is 3.75. The van der Waals surface area contributed by atoms with Gasteiger partial charge in [-0.2, -0.15) is 0 Å². The highest BCUT2D eigenvalue weighted by atomic mass is 16.6. The van der Waals surface area contributed by atoms with Crippen molar-refractivity contribution < 1.29 is 29.3 Å². The minimum absolute atomic E-state index is 0.0341. The first-order valence-corrected chi connectivity index (χ1v) is 6.37. The van der Waals surface area contributed by atoms with Crippen molar-refractivity contribution in [2.45, 2.75) is 36.8 Å². The van der Waals surface area contributed by atoms with Crippen molar-refractivity contribution in [2.24, 2.45) is 0 Å². The van der Waals surface area contributed by atoms with Crippen LogP contribution in [0.3, 0.4) is 0 Å². The summed E-state index contributed by atoms with van der Waals surface area (Å²) < 4.78 is 10.1. The first-order valence-electron chi connectivity index (χ1n) is 6.37. The smallest absolute Gasteiger partial charge is 0.338 e. The molecule has 2 fully saturated rings. The fraction of sp³-hybridized carbons (Fsp3) is 0.429. The molecular formula is C14H14O6. The third kappa shape index (κ3) is 2.07. The predicted octanol–water partition coefficient (Wildman–Crippen LogP) is 0.0232. The number of carbonyl (C=O) groups is 2. The lowest BCUT2D eigenvalue weighted by Gasteiger charge is -2.33. The molecule has 6 nitrogen and oxygen atoms in total. The van der Waals surface area contributed by atoms with E-state index in [0.29, 0.717) is 5.56 Å². The van der Waals surface area contributed by atoms with E-state index in [2.05, 4.69) is 0 Å². The normalized spacial score (nSPS) is 35.5. The summed E-state index contributed by atoms with van der Waals surface area (Å²) in [6, 6.07) is 8.32. The molecule has 2 aliphatic rings. The Morgan fingerprint density at radius 1 is 1.30 bits per heavy atom. The van der Waals surface area contributed by atoms with Gasteiger partial charge in [0.25, 0.3) is 0 Å². The van der Waals surface area contributed by atoms with E-state index in [-0.39, 0.29) is 12.8 Å². The first-order chi connectivity index (χ1) is 9.49. The van der Waals surface area contributed by atoms with Gasteiger partial charge in [0.15, 0.2) is 5.60 Å². The molecule has 0 amide bonds. The van der Waals surface area contributed by atoms with E-state index in [1.807, 2.05) is 0 Å². The first kappa shape index (κ1) is 13.1. The highest BCUT2D eigenvalue weighted by molar-refractivity contribution is 5.89. The van der Waals surface area contributed by atoms with E-state index >= 15 is 0 Å². The van der Waals surface area contributed by atoms with Crippen LogP contribution >= 0.6 is 0 Å². The van der Waals surface area contributed by atoms with Crippen molar-refractivity contribution in [3.05, 3.63) is 35.9 Å². The van der Waals surface area contributed by atoms with Crippen LogP contribution in [0, 0.1) is 0 Å². The van der Waals surface area contributed by atoms with Crippen LogP contribution in [0.2, 0.25) is 0 Å². The number of ether oxygens (including phenoxy) is 2. The predicted molar refractivity (Wildman–Crippen MR) is 65.7 cm³/mol. The van der Waals surface area contributed by atoms with Gasteiger partial charge in [-0.25, -0.2) is 9.59 Å². The Labute approximate surface area is 114 Å². The molecule has 1 saturated carbocycles. The van der Waals surface area contributed by atoms with E-state index in [1.165, 1.54) is 0 Å². The molecule has 4 atom stereocenters. The molecule has 6 heteroatoms. The van der Waals surface area contributed by atoms with Gasteiger partial charge in [0.1, 0.15) is 18.3 Å². The van der Waals surface area contributed by atoms with Crippen LogP contribution in [0.4, 0.5) is 0 Å². The zero-order chi connectivity index (χ0) is 14.3. The van der Waals surface area contributed by atoms with Crippen molar-refractivity contribution in [2.75, 3.05) is 0 Å². The molecule has 1 aliphatic carbocycles. The largest absolute Gasteiger partial charge is 0.457 e. The van der Waals surface area contributed by atoms with Crippen LogP contribution in [0.15, 0.2) is 30.3 Å². The molecule has 0 spiro atoms. The van der Waals surface area contributed by atoms with Crippen LogP contribution in [0.1, 0.15) is 23.2 Å². The molecule has 2 bridgehead atoms. The highest BCUT2D eigenvalue weighted by Crippen LogP contribution is 2.39. The van der Waals surface area contributed by atoms with Gasteiger partial charge in [0.05, 0.1) is 5.56 Å². The summed E-state index contributed by atoms with van der Waals surface area (Å²) in [6.07, 6.45) is -3.02. The summed E-state index contributed by atoms with van der Waals surface area (Å²) in [5.41, 5.74) is -1.32. The number of hydrogen-bond acceptors (Lipinski definition) is 6. The standard InChI is InChI=1S/C14H14O6/c15-11-9(6-14(18)7-10(11)20-13(14)17)19-12(16)8-4-2-1-3-5-8/h1-5,9-11,15,18H,6-7H2/t9-,10-,11-,14+/m1/s1. The van der Waals surface area contributed by atoms with Crippen molar-refractivity contribution in [1.82, 2.24) is 0 Å². The monoisotopic (exact) mass is 278 g/mol. The molecular weight excluding hydrogens is 264 g/mol. The second kappa shape index (κ2) is 4.57. The van der Waals surface area contributed by atoms with E-state index in [1.54, 1.807) is 30.3 Å². The van der Waals surface area contributed by atoms with Crippen LogP contribution in [0.25, 0.3) is 0 Å². The van der Waals surface area contributed by atoms with Gasteiger partial charge >= 0.3 is 11.9 Å². The molecule has 0 radical (unpaired) electrons. The van der Waals surface area contributed by atoms with Gasteiger partial charge in [0.2, 0.25) is 0 Å². The Hall–Kier alpha value is -1.92. The number of hydrogen-bond donors (Lipinski definition) is 2. The maximum atomic E-state index is 11.9. The number of benzene rings is 1. The van der Waals surface area contributed by atoms with Gasteiger partial charge in [-0.05, 0) is 12.1 Å². The fourth-order valence-corrected chi connectivity index (χ4v) is 2.65. The average molecular weight is 278 g/mol. The number of carbonyl (C=O) groups excluding carboxylic acids is 2. The minimum Gasteiger partial charge on any atom is -0.457 e. The Balaban J connectivity index is 1.75. The van der Waals surface area contributed by atoms with Gasteiger partial charge in [0, 0.05) is 12.8 Å². The molecule has 1 aliphatic heterocycles. The van der Waals surface area contributed by atoms with Crippen molar-refractivity contribution >= 4 is 11.9 Å². The number of esters is 2. The molecule has 1 heterocycles. The Morgan fingerprint density at radius 2 is 2.00 bits per heavy atom.